The molecule has 1 aromatic rings. The Balaban J connectivity index is 1.89. The number of ether oxygens (including phenoxy) is 2. The minimum absolute atomic E-state index is 0.228. The number of benzene rings is 1. The number of halogens is 1. The van der Waals surface area contributed by atoms with Crippen molar-refractivity contribution in [2.75, 3.05) is 20.3 Å². The Hall–Kier alpha value is -1.13. The van der Waals surface area contributed by atoms with Crippen LogP contribution in [0.25, 0.3) is 0 Å². The Morgan fingerprint density at radius 1 is 1.53 bits per heavy atom. The molecule has 1 heterocycles. The third-order valence-electron chi connectivity index (χ3n) is 3.00. The maximum absolute atomic E-state index is 13.6. The third-order valence-corrected chi connectivity index (χ3v) is 3.00. The molecule has 17 heavy (non-hydrogen) atoms. The molecule has 3 nitrogen and oxygen atoms in total. The molecule has 1 N–H and O–H groups in total. The fraction of sp³-hybridized carbons (Fsp3) is 0.538. The molecule has 1 fully saturated rings. The molecule has 0 spiro atoms. The van der Waals surface area contributed by atoms with Crippen LogP contribution in [0.4, 0.5) is 4.39 Å². The predicted octanol–water partition coefficient (Wildman–Crippen LogP) is 2.10. The van der Waals surface area contributed by atoms with Crippen molar-refractivity contribution in [2.24, 2.45) is 0 Å². The summed E-state index contributed by atoms with van der Waals surface area (Å²) >= 11 is 0. The van der Waals surface area contributed by atoms with E-state index in [9.17, 15) is 4.39 Å². The highest BCUT2D eigenvalue weighted by atomic mass is 19.1. The first-order valence-corrected chi connectivity index (χ1v) is 5.93. The first kappa shape index (κ1) is 12.3. The number of nitrogens with one attached hydrogen (secondary N) is 1. The third kappa shape index (κ3) is 3.41. The molecule has 1 atom stereocenters. The van der Waals surface area contributed by atoms with Crippen LogP contribution in [0.15, 0.2) is 18.2 Å². The van der Waals surface area contributed by atoms with Crippen LogP contribution in [0.1, 0.15) is 18.4 Å². The van der Waals surface area contributed by atoms with Crippen LogP contribution in [0, 0.1) is 5.82 Å². The molecule has 2 rings (SSSR count). The van der Waals surface area contributed by atoms with Crippen molar-refractivity contribution in [3.05, 3.63) is 29.6 Å². The molecule has 0 bridgehead atoms. The van der Waals surface area contributed by atoms with Crippen LogP contribution in [0.5, 0.6) is 5.75 Å². The lowest BCUT2D eigenvalue weighted by Gasteiger charge is -2.23. The minimum atomic E-state index is -0.228. The lowest BCUT2D eigenvalue weighted by molar-refractivity contribution is 0.0698. The maximum atomic E-state index is 13.6. The Labute approximate surface area is 101 Å². The van der Waals surface area contributed by atoms with E-state index in [0.717, 1.165) is 26.1 Å². The lowest BCUT2D eigenvalue weighted by Crippen LogP contribution is -2.36. The van der Waals surface area contributed by atoms with E-state index in [1.807, 2.05) is 0 Å². The molecule has 0 aromatic heterocycles. The number of methoxy groups -OCH3 is 1. The molecule has 1 saturated heterocycles. The van der Waals surface area contributed by atoms with Gasteiger partial charge in [0.25, 0.3) is 0 Å². The zero-order chi connectivity index (χ0) is 12.1. The summed E-state index contributed by atoms with van der Waals surface area (Å²) in [4.78, 5) is 0. The van der Waals surface area contributed by atoms with Gasteiger partial charge in [-0.25, -0.2) is 4.39 Å². The van der Waals surface area contributed by atoms with Gasteiger partial charge in [-0.3, -0.25) is 0 Å². The summed E-state index contributed by atoms with van der Waals surface area (Å²) < 4.78 is 24.0. The second-order valence-electron chi connectivity index (χ2n) is 4.25. The fourth-order valence-electron chi connectivity index (χ4n) is 1.95. The molecule has 1 unspecified atom stereocenters. The van der Waals surface area contributed by atoms with Crippen LogP contribution < -0.4 is 10.1 Å². The highest BCUT2D eigenvalue weighted by Crippen LogP contribution is 2.16. The second-order valence-corrected chi connectivity index (χ2v) is 4.25. The van der Waals surface area contributed by atoms with E-state index in [-0.39, 0.29) is 5.82 Å². The molecule has 94 valence electrons. The smallest absolute Gasteiger partial charge is 0.131 e. The van der Waals surface area contributed by atoms with Gasteiger partial charge in [0.15, 0.2) is 0 Å². The van der Waals surface area contributed by atoms with Crippen LogP contribution in [0.2, 0.25) is 0 Å². The zero-order valence-corrected chi connectivity index (χ0v) is 10.0. The number of hydrogen-bond donors (Lipinski definition) is 1. The second kappa shape index (κ2) is 5.98. The average Bonchev–Trinajstić information content (AvgIpc) is 2.38. The van der Waals surface area contributed by atoms with E-state index in [1.165, 1.54) is 13.2 Å². The fourth-order valence-corrected chi connectivity index (χ4v) is 1.95. The molecule has 0 radical (unpaired) electrons. The standard InChI is InChI=1S/C13H18FNO2/c1-16-12-5-4-10(13(14)7-12)8-15-11-3-2-6-17-9-11/h4-5,7,11,15H,2-3,6,8-9H2,1H3. The largest absolute Gasteiger partial charge is 0.497 e. The molecule has 1 aromatic carbocycles. The van der Waals surface area contributed by atoms with Gasteiger partial charge in [-0.15, -0.1) is 0 Å². The van der Waals surface area contributed by atoms with E-state index in [1.54, 1.807) is 12.1 Å². The lowest BCUT2D eigenvalue weighted by atomic mass is 10.1. The molecular weight excluding hydrogens is 221 g/mol. The van der Waals surface area contributed by atoms with Crippen molar-refractivity contribution < 1.29 is 13.9 Å². The van der Waals surface area contributed by atoms with Crippen molar-refractivity contribution in [1.82, 2.24) is 5.32 Å². The summed E-state index contributed by atoms with van der Waals surface area (Å²) in [6.07, 6.45) is 2.17. The molecule has 0 amide bonds. The van der Waals surface area contributed by atoms with Crippen LogP contribution >= 0.6 is 0 Å². The van der Waals surface area contributed by atoms with Crippen molar-refractivity contribution in [3.63, 3.8) is 0 Å². The predicted molar refractivity (Wildman–Crippen MR) is 63.6 cm³/mol. The summed E-state index contributed by atoms with van der Waals surface area (Å²) in [6, 6.07) is 5.28. The molecule has 0 saturated carbocycles. The van der Waals surface area contributed by atoms with Crippen LogP contribution in [-0.2, 0) is 11.3 Å². The molecule has 4 heteroatoms. The van der Waals surface area contributed by atoms with Crippen molar-refractivity contribution in [2.45, 2.75) is 25.4 Å². The van der Waals surface area contributed by atoms with Crippen LogP contribution in [-0.4, -0.2) is 26.4 Å². The van der Waals surface area contributed by atoms with Gasteiger partial charge in [0.2, 0.25) is 0 Å². The van der Waals surface area contributed by atoms with Gasteiger partial charge in [0.05, 0.1) is 13.7 Å². The summed E-state index contributed by atoms with van der Waals surface area (Å²) in [5.41, 5.74) is 0.663. The number of rotatable bonds is 4. The Morgan fingerprint density at radius 2 is 2.41 bits per heavy atom. The van der Waals surface area contributed by atoms with Gasteiger partial charge in [-0.2, -0.15) is 0 Å². The first-order chi connectivity index (χ1) is 8.29. The quantitative estimate of drug-likeness (QED) is 0.873. The van der Waals surface area contributed by atoms with Gasteiger partial charge < -0.3 is 14.8 Å². The number of hydrogen-bond acceptors (Lipinski definition) is 3. The van der Waals surface area contributed by atoms with Crippen molar-refractivity contribution in [3.8, 4) is 5.75 Å². The molecular formula is C13H18FNO2. The average molecular weight is 239 g/mol. The van der Waals surface area contributed by atoms with Gasteiger partial charge in [-0.05, 0) is 18.9 Å². The minimum Gasteiger partial charge on any atom is -0.497 e. The molecule has 1 aliphatic heterocycles. The highest BCUT2D eigenvalue weighted by molar-refractivity contribution is 5.28. The molecule has 0 aliphatic carbocycles. The van der Waals surface area contributed by atoms with Gasteiger partial charge in [0, 0.05) is 30.8 Å². The first-order valence-electron chi connectivity index (χ1n) is 5.93. The summed E-state index contributed by atoms with van der Waals surface area (Å²) in [7, 11) is 1.53. The maximum Gasteiger partial charge on any atom is 0.131 e. The normalized spacial score (nSPS) is 20.2. The van der Waals surface area contributed by atoms with E-state index in [2.05, 4.69) is 5.32 Å². The zero-order valence-electron chi connectivity index (χ0n) is 10.0. The topological polar surface area (TPSA) is 30.5 Å². The van der Waals surface area contributed by atoms with Crippen molar-refractivity contribution in [1.29, 1.82) is 0 Å². The SMILES string of the molecule is COc1ccc(CNC2CCCOC2)c(F)c1. The molecule has 1 aliphatic rings. The monoisotopic (exact) mass is 239 g/mol. The van der Waals surface area contributed by atoms with E-state index in [0.29, 0.717) is 23.9 Å². The van der Waals surface area contributed by atoms with E-state index in [4.69, 9.17) is 9.47 Å². The van der Waals surface area contributed by atoms with E-state index < -0.39 is 0 Å². The summed E-state index contributed by atoms with van der Waals surface area (Å²) in [5, 5.41) is 3.31. The van der Waals surface area contributed by atoms with Gasteiger partial charge in [0.1, 0.15) is 11.6 Å². The van der Waals surface area contributed by atoms with Crippen LogP contribution in [0.3, 0.4) is 0 Å². The summed E-state index contributed by atoms with van der Waals surface area (Å²) in [6.45, 7) is 2.09. The van der Waals surface area contributed by atoms with E-state index >= 15 is 0 Å². The Morgan fingerprint density at radius 3 is 3.06 bits per heavy atom. The van der Waals surface area contributed by atoms with Gasteiger partial charge in [-0.1, -0.05) is 6.07 Å². The van der Waals surface area contributed by atoms with Crippen molar-refractivity contribution >= 4 is 0 Å². The Bertz CT molecular complexity index is 364. The summed E-state index contributed by atoms with van der Waals surface area (Å²) in [5.74, 6) is 0.320. The van der Waals surface area contributed by atoms with Gasteiger partial charge >= 0.3 is 0 Å². The highest BCUT2D eigenvalue weighted by Gasteiger charge is 2.13. The Kier molecular flexibility index (Phi) is 4.34.